The number of amides is 2. The lowest BCUT2D eigenvalue weighted by Crippen LogP contribution is -2.22. The highest BCUT2D eigenvalue weighted by Crippen LogP contribution is 2.17. The molecule has 2 heterocycles. The van der Waals surface area contributed by atoms with Gasteiger partial charge in [-0.25, -0.2) is 0 Å². The largest absolute Gasteiger partial charge is 0.319 e. The van der Waals surface area contributed by atoms with E-state index in [-0.39, 0.29) is 11.8 Å². The van der Waals surface area contributed by atoms with E-state index in [0.29, 0.717) is 12.8 Å². The fourth-order valence-electron chi connectivity index (χ4n) is 2.26. The molecule has 4 nitrogen and oxygen atoms in total. The van der Waals surface area contributed by atoms with Crippen molar-refractivity contribution >= 4 is 11.8 Å². The molecule has 96 valence electrons. The van der Waals surface area contributed by atoms with E-state index in [1.165, 1.54) is 0 Å². The van der Waals surface area contributed by atoms with Crippen LogP contribution in [0.2, 0.25) is 0 Å². The molecule has 2 rings (SSSR count). The van der Waals surface area contributed by atoms with Gasteiger partial charge in [-0.3, -0.25) is 9.59 Å². The smallest absolute Gasteiger partial charge is 0.227 e. The van der Waals surface area contributed by atoms with Crippen LogP contribution in [0.25, 0.3) is 0 Å². The summed E-state index contributed by atoms with van der Waals surface area (Å²) in [6.45, 7) is 5.27. The lowest BCUT2D eigenvalue weighted by molar-refractivity contribution is -0.126. The van der Waals surface area contributed by atoms with Crippen LogP contribution in [0, 0.1) is 0 Å². The Morgan fingerprint density at radius 2 is 1.83 bits per heavy atom. The van der Waals surface area contributed by atoms with Gasteiger partial charge in [-0.1, -0.05) is 6.58 Å². The molecule has 0 spiro atoms. The molecule has 0 saturated carbocycles. The zero-order valence-electron chi connectivity index (χ0n) is 10.5. The minimum atomic E-state index is 0.145. The Kier molecular flexibility index (Phi) is 3.97. The summed E-state index contributed by atoms with van der Waals surface area (Å²) in [5, 5.41) is 0. The van der Waals surface area contributed by atoms with E-state index >= 15 is 0 Å². The van der Waals surface area contributed by atoms with Crippen molar-refractivity contribution in [3.05, 3.63) is 36.7 Å². The van der Waals surface area contributed by atoms with Crippen molar-refractivity contribution in [3.8, 4) is 0 Å². The number of hydrogen-bond donors (Lipinski definition) is 0. The SMILES string of the molecule is C=C/C(=C\C=C\N1CCCC1=O)N1CCCC1=O. The summed E-state index contributed by atoms with van der Waals surface area (Å²) in [5.74, 6) is 0.309. The van der Waals surface area contributed by atoms with Crippen molar-refractivity contribution in [1.82, 2.24) is 9.80 Å². The summed E-state index contributed by atoms with van der Waals surface area (Å²) in [7, 11) is 0. The first kappa shape index (κ1) is 12.6. The average Bonchev–Trinajstić information content (AvgIpc) is 2.95. The zero-order chi connectivity index (χ0) is 13.0. The van der Waals surface area contributed by atoms with Gasteiger partial charge in [0.15, 0.2) is 0 Å². The molecular formula is C14H18N2O2. The Balaban J connectivity index is 2.01. The van der Waals surface area contributed by atoms with Gasteiger partial charge in [-0.15, -0.1) is 0 Å². The van der Waals surface area contributed by atoms with Gasteiger partial charge in [0.1, 0.15) is 0 Å². The monoisotopic (exact) mass is 246 g/mol. The fourth-order valence-corrected chi connectivity index (χ4v) is 2.26. The first-order valence-corrected chi connectivity index (χ1v) is 6.33. The van der Waals surface area contributed by atoms with Crippen LogP contribution in [0.5, 0.6) is 0 Å². The maximum Gasteiger partial charge on any atom is 0.227 e. The molecule has 2 fully saturated rings. The van der Waals surface area contributed by atoms with Crippen molar-refractivity contribution < 1.29 is 9.59 Å². The van der Waals surface area contributed by atoms with Gasteiger partial charge in [-0.2, -0.15) is 0 Å². The average molecular weight is 246 g/mol. The molecule has 0 radical (unpaired) electrons. The third kappa shape index (κ3) is 2.70. The second-order valence-electron chi connectivity index (χ2n) is 4.48. The molecule has 0 N–H and O–H groups in total. The summed E-state index contributed by atoms with van der Waals surface area (Å²) < 4.78 is 0. The minimum absolute atomic E-state index is 0.145. The molecule has 4 heteroatoms. The molecule has 2 aliphatic rings. The Hall–Kier alpha value is -1.84. The first-order valence-electron chi connectivity index (χ1n) is 6.33. The van der Waals surface area contributed by atoms with Crippen LogP contribution >= 0.6 is 0 Å². The predicted molar refractivity (Wildman–Crippen MR) is 69.3 cm³/mol. The van der Waals surface area contributed by atoms with E-state index < -0.39 is 0 Å². The van der Waals surface area contributed by atoms with Gasteiger partial charge in [0.2, 0.25) is 11.8 Å². The van der Waals surface area contributed by atoms with Crippen LogP contribution in [-0.2, 0) is 9.59 Å². The minimum Gasteiger partial charge on any atom is -0.319 e. The molecular weight excluding hydrogens is 228 g/mol. The number of carbonyl (C=O) groups is 2. The molecule has 0 aromatic carbocycles. The summed E-state index contributed by atoms with van der Waals surface area (Å²) in [6.07, 6.45) is 10.2. The number of nitrogens with zero attached hydrogens (tertiary/aromatic N) is 2. The first-order chi connectivity index (χ1) is 8.72. The molecule has 2 aliphatic heterocycles. The molecule has 0 aromatic heterocycles. The van der Waals surface area contributed by atoms with Crippen LogP contribution in [0.15, 0.2) is 36.7 Å². The second kappa shape index (κ2) is 5.67. The highest BCUT2D eigenvalue weighted by Gasteiger charge is 2.21. The molecule has 0 aliphatic carbocycles. The number of rotatable bonds is 4. The third-order valence-electron chi connectivity index (χ3n) is 3.24. The van der Waals surface area contributed by atoms with Gasteiger partial charge >= 0.3 is 0 Å². The lowest BCUT2D eigenvalue weighted by Gasteiger charge is -2.16. The maximum atomic E-state index is 11.6. The number of allylic oxidation sites excluding steroid dienone is 3. The Labute approximate surface area is 107 Å². The van der Waals surface area contributed by atoms with Crippen LogP contribution < -0.4 is 0 Å². The zero-order valence-corrected chi connectivity index (χ0v) is 10.5. The van der Waals surface area contributed by atoms with Gasteiger partial charge in [0.05, 0.1) is 0 Å². The quantitative estimate of drug-likeness (QED) is 0.710. The summed E-state index contributed by atoms with van der Waals surface area (Å²) in [6, 6.07) is 0. The van der Waals surface area contributed by atoms with Gasteiger partial charge in [0, 0.05) is 37.8 Å². The maximum absolute atomic E-state index is 11.6. The normalized spacial score (nSPS) is 21.4. The standard InChI is InChI=1S/C14H18N2O2/c1-2-12(16-11-5-8-14(16)18)6-3-9-15-10-4-7-13(15)17/h2-3,6,9H,1,4-5,7-8,10-11H2/b9-3+,12-6+. The van der Waals surface area contributed by atoms with E-state index in [2.05, 4.69) is 6.58 Å². The summed E-state index contributed by atoms with van der Waals surface area (Å²) in [4.78, 5) is 26.4. The summed E-state index contributed by atoms with van der Waals surface area (Å²) in [5.41, 5.74) is 0.806. The topological polar surface area (TPSA) is 40.6 Å². The number of carbonyl (C=O) groups excluding carboxylic acids is 2. The third-order valence-corrected chi connectivity index (χ3v) is 3.24. The van der Waals surface area contributed by atoms with E-state index in [0.717, 1.165) is 31.6 Å². The molecule has 2 saturated heterocycles. The highest BCUT2D eigenvalue weighted by atomic mass is 16.2. The number of likely N-dealkylation sites (tertiary alicyclic amines) is 2. The lowest BCUT2D eigenvalue weighted by atomic mass is 10.3. The van der Waals surface area contributed by atoms with Crippen LogP contribution in [0.4, 0.5) is 0 Å². The van der Waals surface area contributed by atoms with Crippen molar-refractivity contribution in [2.24, 2.45) is 0 Å². The van der Waals surface area contributed by atoms with Crippen molar-refractivity contribution in [3.63, 3.8) is 0 Å². The molecule has 18 heavy (non-hydrogen) atoms. The molecule has 2 amide bonds. The van der Waals surface area contributed by atoms with Crippen molar-refractivity contribution in [2.45, 2.75) is 25.7 Å². The molecule has 0 bridgehead atoms. The highest BCUT2D eigenvalue weighted by molar-refractivity contribution is 5.80. The van der Waals surface area contributed by atoms with E-state index in [1.54, 1.807) is 22.1 Å². The molecule has 0 aromatic rings. The Morgan fingerprint density at radius 3 is 2.39 bits per heavy atom. The van der Waals surface area contributed by atoms with Crippen molar-refractivity contribution in [1.29, 1.82) is 0 Å². The number of hydrogen-bond acceptors (Lipinski definition) is 2. The second-order valence-corrected chi connectivity index (χ2v) is 4.48. The van der Waals surface area contributed by atoms with E-state index in [1.807, 2.05) is 12.2 Å². The predicted octanol–water partition coefficient (Wildman–Crippen LogP) is 1.81. The Bertz CT molecular complexity index is 424. The van der Waals surface area contributed by atoms with Crippen LogP contribution in [0.3, 0.4) is 0 Å². The van der Waals surface area contributed by atoms with Gasteiger partial charge in [0.25, 0.3) is 0 Å². The van der Waals surface area contributed by atoms with E-state index in [9.17, 15) is 9.59 Å². The fraction of sp³-hybridized carbons (Fsp3) is 0.429. The van der Waals surface area contributed by atoms with Crippen LogP contribution in [-0.4, -0.2) is 34.7 Å². The van der Waals surface area contributed by atoms with Crippen LogP contribution in [0.1, 0.15) is 25.7 Å². The van der Waals surface area contributed by atoms with Crippen molar-refractivity contribution in [2.75, 3.05) is 13.1 Å². The molecule has 0 atom stereocenters. The summed E-state index contributed by atoms with van der Waals surface area (Å²) >= 11 is 0. The Morgan fingerprint density at radius 1 is 1.11 bits per heavy atom. The van der Waals surface area contributed by atoms with Gasteiger partial charge in [-0.05, 0) is 31.1 Å². The van der Waals surface area contributed by atoms with E-state index in [4.69, 9.17) is 0 Å². The van der Waals surface area contributed by atoms with Gasteiger partial charge < -0.3 is 9.80 Å². The molecule has 0 unspecified atom stereocenters.